The first kappa shape index (κ1) is 9.06. The summed E-state index contributed by atoms with van der Waals surface area (Å²) in [6.07, 6.45) is 0. The van der Waals surface area contributed by atoms with Crippen LogP contribution in [0.25, 0.3) is 0 Å². The highest BCUT2D eigenvalue weighted by molar-refractivity contribution is 5.84. The van der Waals surface area contributed by atoms with Gasteiger partial charge in [0.25, 0.3) is 0 Å². The maximum Gasteiger partial charge on any atom is 0.243 e. The van der Waals surface area contributed by atoms with Crippen LogP contribution in [0.3, 0.4) is 0 Å². The van der Waals surface area contributed by atoms with Gasteiger partial charge in [-0.2, -0.15) is 0 Å². The zero-order valence-corrected chi connectivity index (χ0v) is 8.45. The second kappa shape index (κ2) is 3.33. The molecular weight excluding hydrogens is 176 g/mol. The van der Waals surface area contributed by atoms with Crippen LogP contribution < -0.4 is 10.4 Å². The number of para-hydroxylation sites is 1. The van der Waals surface area contributed by atoms with Crippen molar-refractivity contribution in [2.45, 2.75) is 13.8 Å². The first-order chi connectivity index (χ1) is 6.68. The standard InChI is InChI=1S/C11H14N2O/c1-8-5-3-4-6-10(8)13-7-9(2)11(14)12-13/h3-6,9H,7H2,1-2H3,(H,12,14). The maximum absolute atomic E-state index is 11.3. The number of anilines is 1. The molecule has 0 aromatic heterocycles. The lowest BCUT2D eigenvalue weighted by Crippen LogP contribution is -2.33. The first-order valence-corrected chi connectivity index (χ1v) is 4.82. The number of carbonyl (C=O) groups excluding carboxylic acids is 1. The summed E-state index contributed by atoms with van der Waals surface area (Å²) >= 11 is 0. The second-order valence-corrected chi connectivity index (χ2v) is 3.77. The van der Waals surface area contributed by atoms with Crippen molar-refractivity contribution in [3.05, 3.63) is 29.8 Å². The van der Waals surface area contributed by atoms with E-state index in [-0.39, 0.29) is 11.8 Å². The number of benzene rings is 1. The largest absolute Gasteiger partial charge is 0.285 e. The molecule has 14 heavy (non-hydrogen) atoms. The van der Waals surface area contributed by atoms with Gasteiger partial charge in [0.1, 0.15) is 0 Å². The van der Waals surface area contributed by atoms with Crippen molar-refractivity contribution in [1.29, 1.82) is 0 Å². The van der Waals surface area contributed by atoms with E-state index in [2.05, 4.69) is 5.43 Å². The minimum Gasteiger partial charge on any atom is -0.285 e. The van der Waals surface area contributed by atoms with E-state index in [0.717, 1.165) is 12.2 Å². The van der Waals surface area contributed by atoms with E-state index in [0.29, 0.717) is 0 Å². The highest BCUT2D eigenvalue weighted by atomic mass is 16.2. The summed E-state index contributed by atoms with van der Waals surface area (Å²) in [7, 11) is 0. The van der Waals surface area contributed by atoms with Crippen molar-refractivity contribution >= 4 is 11.6 Å². The topological polar surface area (TPSA) is 32.3 Å². The van der Waals surface area contributed by atoms with Crippen LogP contribution in [-0.2, 0) is 4.79 Å². The van der Waals surface area contributed by atoms with Gasteiger partial charge in [-0.05, 0) is 18.6 Å². The van der Waals surface area contributed by atoms with Crippen molar-refractivity contribution in [2.75, 3.05) is 11.6 Å². The van der Waals surface area contributed by atoms with Gasteiger partial charge in [0, 0.05) is 0 Å². The molecule has 0 aliphatic carbocycles. The van der Waals surface area contributed by atoms with Gasteiger partial charge in [0.05, 0.1) is 18.2 Å². The molecule has 1 aromatic carbocycles. The minimum absolute atomic E-state index is 0.0783. The SMILES string of the molecule is Cc1ccccc1N1CC(C)C(=O)N1. The first-order valence-electron chi connectivity index (χ1n) is 4.82. The van der Waals surface area contributed by atoms with Crippen molar-refractivity contribution in [2.24, 2.45) is 5.92 Å². The third-order valence-corrected chi connectivity index (χ3v) is 2.56. The molecule has 1 aromatic rings. The average molecular weight is 190 g/mol. The van der Waals surface area contributed by atoms with Crippen molar-refractivity contribution < 1.29 is 4.79 Å². The van der Waals surface area contributed by atoms with Crippen LogP contribution >= 0.6 is 0 Å². The third-order valence-electron chi connectivity index (χ3n) is 2.56. The summed E-state index contributed by atoms with van der Waals surface area (Å²) in [6, 6.07) is 8.05. The Balaban J connectivity index is 2.25. The maximum atomic E-state index is 11.3. The van der Waals surface area contributed by atoms with Crippen LogP contribution in [-0.4, -0.2) is 12.5 Å². The predicted octanol–water partition coefficient (Wildman–Crippen LogP) is 1.48. The van der Waals surface area contributed by atoms with Gasteiger partial charge < -0.3 is 0 Å². The van der Waals surface area contributed by atoms with E-state index < -0.39 is 0 Å². The number of amides is 1. The molecule has 1 heterocycles. The zero-order valence-electron chi connectivity index (χ0n) is 8.45. The molecule has 0 bridgehead atoms. The summed E-state index contributed by atoms with van der Waals surface area (Å²) in [5, 5.41) is 1.92. The molecule has 1 unspecified atom stereocenters. The fraction of sp³-hybridized carbons (Fsp3) is 0.364. The van der Waals surface area contributed by atoms with Crippen molar-refractivity contribution in [3.8, 4) is 0 Å². The molecule has 74 valence electrons. The molecule has 3 heteroatoms. The fourth-order valence-corrected chi connectivity index (χ4v) is 1.67. The Morgan fingerprint density at radius 3 is 2.71 bits per heavy atom. The molecule has 1 atom stereocenters. The molecule has 0 spiro atoms. The van der Waals surface area contributed by atoms with E-state index in [1.807, 2.05) is 43.1 Å². The Labute approximate surface area is 83.7 Å². The van der Waals surface area contributed by atoms with Gasteiger partial charge in [0.15, 0.2) is 0 Å². The summed E-state index contributed by atoms with van der Waals surface area (Å²) in [5.74, 6) is 0.183. The van der Waals surface area contributed by atoms with Crippen LogP contribution in [0.5, 0.6) is 0 Å². The number of hydrazine groups is 1. The van der Waals surface area contributed by atoms with Crippen LogP contribution in [0.4, 0.5) is 5.69 Å². The molecule has 0 radical (unpaired) electrons. The van der Waals surface area contributed by atoms with Gasteiger partial charge in [-0.3, -0.25) is 15.2 Å². The van der Waals surface area contributed by atoms with E-state index >= 15 is 0 Å². The number of carbonyl (C=O) groups is 1. The van der Waals surface area contributed by atoms with Gasteiger partial charge in [-0.15, -0.1) is 0 Å². The van der Waals surface area contributed by atoms with Crippen LogP contribution in [0.15, 0.2) is 24.3 Å². The lowest BCUT2D eigenvalue weighted by atomic mass is 10.1. The van der Waals surface area contributed by atoms with Gasteiger partial charge >= 0.3 is 0 Å². The van der Waals surface area contributed by atoms with Crippen molar-refractivity contribution in [3.63, 3.8) is 0 Å². The Morgan fingerprint density at radius 1 is 1.43 bits per heavy atom. The Hall–Kier alpha value is -1.51. The highest BCUT2D eigenvalue weighted by Gasteiger charge is 2.27. The number of hydrogen-bond donors (Lipinski definition) is 1. The van der Waals surface area contributed by atoms with Gasteiger partial charge in [0.2, 0.25) is 5.91 Å². The Morgan fingerprint density at radius 2 is 2.14 bits per heavy atom. The lowest BCUT2D eigenvalue weighted by molar-refractivity contribution is -0.121. The van der Waals surface area contributed by atoms with E-state index in [1.165, 1.54) is 5.56 Å². The van der Waals surface area contributed by atoms with Crippen LogP contribution in [0, 0.1) is 12.8 Å². The number of nitrogens with one attached hydrogen (secondary N) is 1. The number of rotatable bonds is 1. The van der Waals surface area contributed by atoms with E-state index in [4.69, 9.17) is 0 Å². The number of nitrogens with zero attached hydrogens (tertiary/aromatic N) is 1. The van der Waals surface area contributed by atoms with Gasteiger partial charge in [-0.25, -0.2) is 0 Å². The monoisotopic (exact) mass is 190 g/mol. The molecule has 2 rings (SSSR count). The fourth-order valence-electron chi connectivity index (χ4n) is 1.67. The van der Waals surface area contributed by atoms with E-state index in [1.54, 1.807) is 0 Å². The minimum atomic E-state index is 0.0783. The smallest absolute Gasteiger partial charge is 0.243 e. The lowest BCUT2D eigenvalue weighted by Gasteiger charge is -2.19. The third kappa shape index (κ3) is 1.45. The molecular formula is C11H14N2O. The summed E-state index contributed by atoms with van der Waals surface area (Å²) < 4.78 is 0. The Bertz CT molecular complexity index is 362. The highest BCUT2D eigenvalue weighted by Crippen LogP contribution is 2.21. The summed E-state index contributed by atoms with van der Waals surface area (Å²) in [6.45, 7) is 4.74. The molecule has 1 saturated heterocycles. The molecule has 1 aliphatic heterocycles. The normalized spacial score (nSPS) is 21.1. The Kier molecular flexibility index (Phi) is 2.15. The molecule has 1 fully saturated rings. The zero-order chi connectivity index (χ0) is 10.1. The van der Waals surface area contributed by atoms with Crippen molar-refractivity contribution in [1.82, 2.24) is 5.43 Å². The molecule has 3 nitrogen and oxygen atoms in total. The van der Waals surface area contributed by atoms with Crippen LogP contribution in [0.1, 0.15) is 12.5 Å². The molecule has 0 saturated carbocycles. The number of aryl methyl sites for hydroxylation is 1. The van der Waals surface area contributed by atoms with E-state index in [9.17, 15) is 4.79 Å². The molecule has 1 aliphatic rings. The summed E-state index contributed by atoms with van der Waals surface area (Å²) in [4.78, 5) is 11.3. The average Bonchev–Trinajstić information content (AvgIpc) is 2.48. The van der Waals surface area contributed by atoms with Crippen LogP contribution in [0.2, 0.25) is 0 Å². The second-order valence-electron chi connectivity index (χ2n) is 3.77. The molecule has 1 amide bonds. The summed E-state index contributed by atoms with van der Waals surface area (Å²) in [5.41, 5.74) is 5.13. The van der Waals surface area contributed by atoms with Gasteiger partial charge in [-0.1, -0.05) is 25.1 Å². The predicted molar refractivity (Wildman–Crippen MR) is 55.8 cm³/mol. The number of hydrogen-bond acceptors (Lipinski definition) is 2. The molecule has 1 N–H and O–H groups in total. The quantitative estimate of drug-likeness (QED) is 0.727.